The highest BCUT2D eigenvalue weighted by Crippen LogP contribution is 2.08. The zero-order chi connectivity index (χ0) is 13.8. The summed E-state index contributed by atoms with van der Waals surface area (Å²) in [4.78, 5) is 15.2. The summed E-state index contributed by atoms with van der Waals surface area (Å²) < 4.78 is 6.47. The number of hydrogen-bond acceptors (Lipinski definition) is 3. The summed E-state index contributed by atoms with van der Waals surface area (Å²) in [6.45, 7) is 4.21. The van der Waals surface area contributed by atoms with Gasteiger partial charge in [0.15, 0.2) is 0 Å². The number of hydrogen-bond donors (Lipinski definition) is 0. The van der Waals surface area contributed by atoms with E-state index in [-0.39, 0.29) is 6.09 Å². The van der Waals surface area contributed by atoms with E-state index in [4.69, 9.17) is 4.74 Å². The van der Waals surface area contributed by atoms with Gasteiger partial charge >= 0.3 is 6.09 Å². The van der Waals surface area contributed by atoms with Crippen molar-refractivity contribution in [3.05, 3.63) is 31.4 Å². The zero-order valence-corrected chi connectivity index (χ0v) is 11.6. The van der Waals surface area contributed by atoms with Gasteiger partial charge in [0.25, 0.3) is 0 Å². The minimum Gasteiger partial charge on any atom is -0.449 e. The molecule has 0 radical (unpaired) electrons. The molecule has 0 aliphatic carbocycles. The van der Waals surface area contributed by atoms with Crippen molar-refractivity contribution in [2.75, 3.05) is 6.61 Å². The van der Waals surface area contributed by atoms with Crippen molar-refractivity contribution >= 4 is 6.09 Å². The van der Waals surface area contributed by atoms with E-state index in [1.54, 1.807) is 12.4 Å². The number of unbranched alkanes of at least 4 members (excludes halogenated alkanes) is 7. The van der Waals surface area contributed by atoms with Crippen molar-refractivity contribution in [3.8, 4) is 0 Å². The maximum atomic E-state index is 11.4. The molecule has 0 N–H and O–H groups in total. The number of carbonyl (C=O) groups excluding carboxylic acids is 1. The first-order valence-corrected chi connectivity index (χ1v) is 7.10. The molecule has 0 unspecified atom stereocenters. The van der Waals surface area contributed by atoms with Gasteiger partial charge in [-0.1, -0.05) is 38.2 Å². The van der Waals surface area contributed by atoms with Crippen LogP contribution < -0.4 is 0 Å². The molecule has 0 aliphatic rings. The van der Waals surface area contributed by atoms with Gasteiger partial charge in [-0.25, -0.2) is 14.3 Å². The number of ether oxygens (including phenoxy) is 1. The predicted octanol–water partition coefficient (Wildman–Crippen LogP) is 4.17. The van der Waals surface area contributed by atoms with Crippen LogP contribution in [-0.2, 0) is 4.74 Å². The van der Waals surface area contributed by atoms with Crippen LogP contribution in [0.5, 0.6) is 0 Å². The summed E-state index contributed by atoms with van der Waals surface area (Å²) >= 11 is 0. The van der Waals surface area contributed by atoms with Crippen LogP contribution in [0, 0.1) is 0 Å². The Morgan fingerprint density at radius 3 is 2.47 bits per heavy atom. The van der Waals surface area contributed by atoms with E-state index in [2.05, 4.69) is 11.6 Å². The first-order chi connectivity index (χ1) is 9.34. The molecule has 1 rings (SSSR count). The van der Waals surface area contributed by atoms with E-state index >= 15 is 0 Å². The Bertz CT molecular complexity index is 347. The van der Waals surface area contributed by atoms with Gasteiger partial charge in [-0.2, -0.15) is 0 Å². The van der Waals surface area contributed by atoms with Crippen molar-refractivity contribution in [1.82, 2.24) is 9.55 Å². The van der Waals surface area contributed by atoms with Crippen molar-refractivity contribution in [2.45, 2.75) is 51.4 Å². The fourth-order valence-electron chi connectivity index (χ4n) is 1.88. The highest BCUT2D eigenvalue weighted by Gasteiger charge is 2.03. The highest BCUT2D eigenvalue weighted by atomic mass is 16.5. The van der Waals surface area contributed by atoms with Gasteiger partial charge in [-0.15, -0.1) is 6.58 Å². The Hall–Kier alpha value is -1.58. The standard InChI is InChI=1S/C15H24N2O2/c1-2-3-4-5-6-7-8-9-10-13-19-15(18)17-12-11-16-14-17/h2,11-12,14H,1,3-10,13H2. The molecule has 0 aromatic carbocycles. The lowest BCUT2D eigenvalue weighted by Crippen LogP contribution is -2.12. The van der Waals surface area contributed by atoms with Crippen molar-refractivity contribution in [3.63, 3.8) is 0 Å². The fourth-order valence-corrected chi connectivity index (χ4v) is 1.88. The number of rotatable bonds is 10. The van der Waals surface area contributed by atoms with Crippen LogP contribution in [0.2, 0.25) is 0 Å². The maximum absolute atomic E-state index is 11.4. The van der Waals surface area contributed by atoms with E-state index < -0.39 is 0 Å². The third-order valence-electron chi connectivity index (χ3n) is 2.99. The molecule has 19 heavy (non-hydrogen) atoms. The van der Waals surface area contributed by atoms with Gasteiger partial charge in [-0.3, -0.25) is 0 Å². The molecule has 0 spiro atoms. The van der Waals surface area contributed by atoms with Gasteiger partial charge in [-0.05, 0) is 19.3 Å². The van der Waals surface area contributed by atoms with E-state index in [0.29, 0.717) is 6.61 Å². The first-order valence-electron chi connectivity index (χ1n) is 7.10. The zero-order valence-electron chi connectivity index (χ0n) is 11.6. The molecule has 0 saturated carbocycles. The van der Waals surface area contributed by atoms with Gasteiger partial charge in [0.2, 0.25) is 0 Å². The summed E-state index contributed by atoms with van der Waals surface area (Å²) in [7, 11) is 0. The second-order valence-corrected chi connectivity index (χ2v) is 4.64. The molecule has 1 heterocycles. The van der Waals surface area contributed by atoms with Crippen LogP contribution in [0.15, 0.2) is 31.4 Å². The second-order valence-electron chi connectivity index (χ2n) is 4.64. The van der Waals surface area contributed by atoms with E-state index in [1.807, 2.05) is 6.08 Å². The third-order valence-corrected chi connectivity index (χ3v) is 2.99. The monoisotopic (exact) mass is 264 g/mol. The topological polar surface area (TPSA) is 44.1 Å². The summed E-state index contributed by atoms with van der Waals surface area (Å²) in [5.74, 6) is 0. The Labute approximate surface area is 115 Å². The number of aromatic nitrogens is 2. The summed E-state index contributed by atoms with van der Waals surface area (Å²) in [6.07, 6.45) is 15.8. The quantitative estimate of drug-likeness (QED) is 0.470. The molecule has 0 aliphatic heterocycles. The molecule has 0 atom stereocenters. The molecular formula is C15H24N2O2. The van der Waals surface area contributed by atoms with Crippen LogP contribution in [0.25, 0.3) is 0 Å². The third kappa shape index (κ3) is 7.44. The van der Waals surface area contributed by atoms with Crippen LogP contribution in [-0.4, -0.2) is 22.3 Å². The van der Waals surface area contributed by atoms with Crippen LogP contribution in [0.1, 0.15) is 51.4 Å². The summed E-state index contributed by atoms with van der Waals surface area (Å²) in [5.41, 5.74) is 0. The van der Waals surface area contributed by atoms with Crippen LogP contribution >= 0.6 is 0 Å². The maximum Gasteiger partial charge on any atom is 0.419 e. The average Bonchev–Trinajstić information content (AvgIpc) is 2.95. The molecular weight excluding hydrogens is 240 g/mol. The predicted molar refractivity (Wildman–Crippen MR) is 76.1 cm³/mol. The lowest BCUT2D eigenvalue weighted by atomic mass is 10.1. The van der Waals surface area contributed by atoms with Gasteiger partial charge in [0.05, 0.1) is 6.61 Å². The number of allylic oxidation sites excluding steroid dienone is 1. The molecule has 1 aromatic rings. The van der Waals surface area contributed by atoms with E-state index in [1.165, 1.54) is 43.0 Å². The highest BCUT2D eigenvalue weighted by molar-refractivity contribution is 5.69. The smallest absolute Gasteiger partial charge is 0.419 e. The minimum atomic E-state index is -0.345. The largest absolute Gasteiger partial charge is 0.449 e. The van der Waals surface area contributed by atoms with Gasteiger partial charge < -0.3 is 4.74 Å². The SMILES string of the molecule is C=CCCCCCCCCCOC(=O)n1ccnc1. The number of nitrogens with zero attached hydrogens (tertiary/aromatic N) is 2. The first kappa shape index (κ1) is 15.5. The van der Waals surface area contributed by atoms with Crippen molar-refractivity contribution < 1.29 is 9.53 Å². The molecule has 0 bridgehead atoms. The van der Waals surface area contributed by atoms with Gasteiger partial charge in [0.1, 0.15) is 6.33 Å². The lowest BCUT2D eigenvalue weighted by molar-refractivity contribution is 0.145. The molecule has 4 heteroatoms. The lowest BCUT2D eigenvalue weighted by Gasteiger charge is -2.04. The van der Waals surface area contributed by atoms with Crippen LogP contribution in [0.4, 0.5) is 4.79 Å². The molecule has 106 valence electrons. The summed E-state index contributed by atoms with van der Waals surface area (Å²) in [5, 5.41) is 0. The van der Waals surface area contributed by atoms with Crippen molar-refractivity contribution in [2.24, 2.45) is 0 Å². The average molecular weight is 264 g/mol. The molecule has 1 aromatic heterocycles. The normalized spacial score (nSPS) is 10.3. The van der Waals surface area contributed by atoms with Gasteiger partial charge in [0, 0.05) is 12.4 Å². The Kier molecular flexibility index (Phi) is 8.43. The molecule has 0 saturated heterocycles. The fraction of sp³-hybridized carbons (Fsp3) is 0.600. The minimum absolute atomic E-state index is 0.345. The Balaban J connectivity index is 1.86. The van der Waals surface area contributed by atoms with Crippen molar-refractivity contribution in [1.29, 1.82) is 0 Å². The Morgan fingerprint density at radius 2 is 1.84 bits per heavy atom. The molecule has 0 amide bonds. The second kappa shape index (κ2) is 10.4. The Morgan fingerprint density at radius 1 is 1.16 bits per heavy atom. The number of imidazole rings is 1. The number of carbonyl (C=O) groups is 1. The molecule has 0 fully saturated rings. The van der Waals surface area contributed by atoms with E-state index in [0.717, 1.165) is 19.3 Å². The van der Waals surface area contributed by atoms with Crippen LogP contribution in [0.3, 0.4) is 0 Å². The molecule has 4 nitrogen and oxygen atoms in total. The van der Waals surface area contributed by atoms with E-state index in [9.17, 15) is 4.79 Å². The summed E-state index contributed by atoms with van der Waals surface area (Å²) in [6, 6.07) is 0.